The molecule has 5 aliphatic rings. The van der Waals surface area contributed by atoms with Crippen molar-refractivity contribution >= 4 is 11.9 Å². The molecule has 0 amide bonds. The number of rotatable bonds is 2. The van der Waals surface area contributed by atoms with Crippen LogP contribution >= 0.6 is 0 Å². The van der Waals surface area contributed by atoms with Crippen molar-refractivity contribution in [2.45, 2.75) is 24.4 Å². The Hall–Kier alpha value is -2.44. The summed E-state index contributed by atoms with van der Waals surface area (Å²) in [5.41, 5.74) is 5.37. The molecule has 1 aromatic rings. The van der Waals surface area contributed by atoms with Gasteiger partial charge >= 0.3 is 11.9 Å². The molecule has 0 unspecified atom stereocenters. The summed E-state index contributed by atoms with van der Waals surface area (Å²) < 4.78 is 22.0. The van der Waals surface area contributed by atoms with Gasteiger partial charge in [-0.15, -0.1) is 0 Å². The van der Waals surface area contributed by atoms with Crippen LogP contribution in [0.3, 0.4) is 0 Å². The molecule has 1 saturated heterocycles. The van der Waals surface area contributed by atoms with E-state index in [1.807, 2.05) is 0 Å². The number of fused-ring (bicyclic) bond motifs is 13. The van der Waals surface area contributed by atoms with Crippen molar-refractivity contribution in [2.75, 3.05) is 14.2 Å². The van der Waals surface area contributed by atoms with Crippen molar-refractivity contribution in [1.82, 2.24) is 0 Å². The van der Waals surface area contributed by atoms with Crippen LogP contribution < -0.4 is 0 Å². The Bertz CT molecular complexity index is 884. The lowest BCUT2D eigenvalue weighted by Crippen LogP contribution is -2.42. The predicted molar refractivity (Wildman–Crippen MR) is 86.8 cm³/mol. The SMILES string of the molecule is COC(=O)C1=C(C(=O)OC)[C@H]2[C@@H]1[C@H]1O[C@@H]2c2cc3c(cc21)[C@H]1C=C[C@@H]3O1. The van der Waals surface area contributed by atoms with Gasteiger partial charge in [-0.1, -0.05) is 12.2 Å². The maximum Gasteiger partial charge on any atom is 0.334 e. The highest BCUT2D eigenvalue weighted by atomic mass is 16.5. The van der Waals surface area contributed by atoms with Crippen LogP contribution in [0.25, 0.3) is 0 Å². The van der Waals surface area contributed by atoms with Crippen molar-refractivity contribution in [3.63, 3.8) is 0 Å². The summed E-state index contributed by atoms with van der Waals surface area (Å²) in [6, 6.07) is 4.31. The third kappa shape index (κ3) is 1.48. The minimum atomic E-state index is -0.476. The Balaban J connectivity index is 1.47. The number of ether oxygens (including phenoxy) is 4. The van der Waals surface area contributed by atoms with Crippen molar-refractivity contribution in [1.29, 1.82) is 0 Å². The molecule has 1 aromatic carbocycles. The van der Waals surface area contributed by atoms with E-state index in [1.54, 1.807) is 0 Å². The lowest BCUT2D eigenvalue weighted by atomic mass is 9.59. The van der Waals surface area contributed by atoms with E-state index in [1.165, 1.54) is 25.3 Å². The Morgan fingerprint density at radius 1 is 0.769 bits per heavy atom. The summed E-state index contributed by atoms with van der Waals surface area (Å²) >= 11 is 0. The summed E-state index contributed by atoms with van der Waals surface area (Å²) in [7, 11) is 2.65. The molecule has 4 bridgehead atoms. The average Bonchev–Trinajstić information content (AvgIpc) is 3.38. The molecule has 1 aliphatic carbocycles. The van der Waals surface area contributed by atoms with Gasteiger partial charge in [0.25, 0.3) is 0 Å². The van der Waals surface area contributed by atoms with Crippen LogP contribution in [0.15, 0.2) is 35.4 Å². The molecule has 0 radical (unpaired) electrons. The van der Waals surface area contributed by atoms with Crippen molar-refractivity contribution in [3.8, 4) is 0 Å². The number of esters is 2. The first-order chi connectivity index (χ1) is 12.6. The fourth-order valence-corrected chi connectivity index (χ4v) is 5.33. The van der Waals surface area contributed by atoms with Gasteiger partial charge in [-0.2, -0.15) is 0 Å². The van der Waals surface area contributed by atoms with E-state index in [0.29, 0.717) is 11.1 Å². The topological polar surface area (TPSA) is 71.1 Å². The third-order valence-electron chi connectivity index (χ3n) is 6.37. The second-order valence-corrected chi connectivity index (χ2v) is 7.31. The smallest absolute Gasteiger partial charge is 0.334 e. The molecule has 0 saturated carbocycles. The van der Waals surface area contributed by atoms with Gasteiger partial charge in [-0.25, -0.2) is 9.59 Å². The summed E-state index contributed by atoms with van der Waals surface area (Å²) in [4.78, 5) is 24.5. The van der Waals surface area contributed by atoms with Crippen molar-refractivity contribution in [2.24, 2.45) is 11.8 Å². The van der Waals surface area contributed by atoms with E-state index < -0.39 is 11.9 Å². The molecule has 1 fully saturated rings. The molecule has 0 spiro atoms. The summed E-state index contributed by atoms with van der Waals surface area (Å²) in [5, 5.41) is 0. The van der Waals surface area contributed by atoms with Gasteiger partial charge in [-0.05, 0) is 34.4 Å². The van der Waals surface area contributed by atoms with Crippen LogP contribution in [0, 0.1) is 11.8 Å². The van der Waals surface area contributed by atoms with E-state index in [0.717, 1.165) is 11.1 Å². The first-order valence-corrected chi connectivity index (χ1v) is 8.71. The first-order valence-electron chi connectivity index (χ1n) is 8.71. The molecule has 132 valence electrons. The Kier molecular flexibility index (Phi) is 2.62. The van der Waals surface area contributed by atoms with Crippen LogP contribution in [-0.4, -0.2) is 26.2 Å². The minimum Gasteiger partial charge on any atom is -0.466 e. The lowest BCUT2D eigenvalue weighted by Gasteiger charge is -2.40. The van der Waals surface area contributed by atoms with Gasteiger partial charge in [0.1, 0.15) is 12.2 Å². The zero-order valence-corrected chi connectivity index (χ0v) is 14.2. The molecule has 26 heavy (non-hydrogen) atoms. The van der Waals surface area contributed by atoms with Crippen LogP contribution in [0.4, 0.5) is 0 Å². The quantitative estimate of drug-likeness (QED) is 0.601. The van der Waals surface area contributed by atoms with Crippen molar-refractivity contribution < 1.29 is 28.5 Å². The first kappa shape index (κ1) is 14.7. The zero-order chi connectivity index (χ0) is 17.7. The number of carbonyl (C=O) groups is 2. The van der Waals surface area contributed by atoms with E-state index in [9.17, 15) is 9.59 Å². The Labute approximate surface area is 149 Å². The fourth-order valence-electron chi connectivity index (χ4n) is 5.33. The van der Waals surface area contributed by atoms with Crippen LogP contribution in [0.1, 0.15) is 46.7 Å². The van der Waals surface area contributed by atoms with Gasteiger partial charge in [0, 0.05) is 11.8 Å². The Morgan fingerprint density at radius 2 is 1.23 bits per heavy atom. The molecule has 0 aromatic heterocycles. The zero-order valence-electron chi connectivity index (χ0n) is 14.2. The predicted octanol–water partition coefficient (Wildman–Crippen LogP) is 2.38. The molecule has 6 nitrogen and oxygen atoms in total. The third-order valence-corrected chi connectivity index (χ3v) is 6.37. The Morgan fingerprint density at radius 3 is 1.65 bits per heavy atom. The summed E-state index contributed by atoms with van der Waals surface area (Å²) in [6.07, 6.45) is 3.73. The molecule has 6 heteroatoms. The van der Waals surface area contributed by atoms with E-state index in [2.05, 4.69) is 24.3 Å². The molecule has 6 atom stereocenters. The number of hydrogen-bond acceptors (Lipinski definition) is 6. The van der Waals surface area contributed by atoms with Gasteiger partial charge in [0.05, 0.1) is 37.6 Å². The molecular weight excluding hydrogens is 336 g/mol. The maximum absolute atomic E-state index is 12.3. The van der Waals surface area contributed by atoms with Crippen LogP contribution in [0.2, 0.25) is 0 Å². The van der Waals surface area contributed by atoms with E-state index in [4.69, 9.17) is 18.9 Å². The number of carbonyl (C=O) groups excluding carboxylic acids is 2. The van der Waals surface area contributed by atoms with Crippen LogP contribution in [-0.2, 0) is 28.5 Å². The largest absolute Gasteiger partial charge is 0.466 e. The van der Waals surface area contributed by atoms with Crippen LogP contribution in [0.5, 0.6) is 0 Å². The number of benzene rings is 1. The van der Waals surface area contributed by atoms with E-state index in [-0.39, 0.29) is 36.3 Å². The lowest BCUT2D eigenvalue weighted by molar-refractivity contribution is -0.142. The monoisotopic (exact) mass is 352 g/mol. The normalized spacial score (nSPS) is 36.5. The number of hydrogen-bond donors (Lipinski definition) is 0. The molecule has 6 rings (SSSR count). The highest BCUT2D eigenvalue weighted by molar-refractivity contribution is 6.05. The summed E-state index contributed by atoms with van der Waals surface area (Å²) in [5.74, 6) is -1.25. The maximum atomic E-state index is 12.3. The van der Waals surface area contributed by atoms with Gasteiger partial charge in [0.2, 0.25) is 0 Å². The average molecular weight is 352 g/mol. The second kappa shape index (κ2) is 4.64. The fraction of sp³-hybridized carbons (Fsp3) is 0.400. The molecule has 4 heterocycles. The summed E-state index contributed by atoms with van der Waals surface area (Å²) in [6.45, 7) is 0. The van der Waals surface area contributed by atoms with Gasteiger partial charge < -0.3 is 18.9 Å². The highest BCUT2D eigenvalue weighted by Gasteiger charge is 2.64. The van der Waals surface area contributed by atoms with E-state index >= 15 is 0 Å². The molecule has 4 aliphatic heterocycles. The minimum absolute atomic E-state index is 0.0119. The van der Waals surface area contributed by atoms with Gasteiger partial charge in [0.15, 0.2) is 0 Å². The molecular formula is C20H16O6. The second-order valence-electron chi connectivity index (χ2n) is 7.31. The molecule has 0 N–H and O–H groups in total. The van der Waals surface area contributed by atoms with Crippen molar-refractivity contribution in [3.05, 3.63) is 57.7 Å². The highest BCUT2D eigenvalue weighted by Crippen LogP contribution is 2.68. The number of methoxy groups -OCH3 is 2. The standard InChI is InChI=1S/C20H16O6/c1-23-19(21)15-13-14(16(15)20(22)24-2)18-10-6-8-7(5-9(10)17(13)26-18)11-3-4-12(8)25-11/h3-6,11-14,17-18H,1-2H3/t11-,12+,13+,14-,17+,18-. The van der Waals surface area contributed by atoms with Gasteiger partial charge in [-0.3, -0.25) is 0 Å².